The normalized spacial score (nSPS) is 32.7. The van der Waals surface area contributed by atoms with Gasteiger partial charge in [0.25, 0.3) is 0 Å². The molecule has 0 unspecified atom stereocenters. The number of carbonyl (C=O) groups excluding carboxylic acids is 3. The molecule has 0 bridgehead atoms. The van der Waals surface area contributed by atoms with E-state index in [1.807, 2.05) is 20.8 Å². The first-order valence-corrected chi connectivity index (χ1v) is 16.1. The van der Waals surface area contributed by atoms with Crippen molar-refractivity contribution in [1.29, 1.82) is 0 Å². The van der Waals surface area contributed by atoms with Crippen LogP contribution in [-0.2, 0) is 34.9 Å². The van der Waals surface area contributed by atoms with Crippen LogP contribution in [0.5, 0.6) is 17.2 Å². The van der Waals surface area contributed by atoms with Crippen molar-refractivity contribution < 1.29 is 63.2 Å². The van der Waals surface area contributed by atoms with Crippen LogP contribution in [0.3, 0.4) is 0 Å². The number of morpholine rings is 1. The summed E-state index contributed by atoms with van der Waals surface area (Å²) in [5.74, 6) is -3.61. The van der Waals surface area contributed by atoms with Crippen molar-refractivity contribution in [2.45, 2.75) is 94.9 Å². The number of carbonyl (C=O) groups is 3. The number of aliphatic hydroxyl groups excluding tert-OH is 1. The lowest BCUT2D eigenvalue weighted by atomic mass is 9.72. The molecule has 4 N–H and O–H groups in total. The highest BCUT2D eigenvalue weighted by atomic mass is 16.7. The molecule has 3 aliphatic heterocycles. The number of ketones is 3. The van der Waals surface area contributed by atoms with Gasteiger partial charge in [0, 0.05) is 48.5 Å². The van der Waals surface area contributed by atoms with E-state index in [1.165, 1.54) is 25.3 Å². The van der Waals surface area contributed by atoms with Gasteiger partial charge < -0.3 is 48.8 Å². The van der Waals surface area contributed by atoms with E-state index in [-0.39, 0.29) is 52.7 Å². The molecule has 5 aliphatic rings. The number of nitrogens with zero attached hydrogens (tertiary/aromatic N) is 1. The summed E-state index contributed by atoms with van der Waals surface area (Å²) < 4.78 is 36.2. The summed E-state index contributed by atoms with van der Waals surface area (Å²) >= 11 is 0. The van der Waals surface area contributed by atoms with Crippen LogP contribution in [0.15, 0.2) is 18.2 Å². The molecular weight excluding hydrogens is 630 g/mol. The van der Waals surface area contributed by atoms with E-state index < -0.39 is 96.0 Å². The number of fused-ring (bicyclic) bond motifs is 6. The lowest BCUT2D eigenvalue weighted by molar-refractivity contribution is -0.269. The van der Waals surface area contributed by atoms with Gasteiger partial charge in [0.15, 0.2) is 30.4 Å². The summed E-state index contributed by atoms with van der Waals surface area (Å²) in [4.78, 5) is 42.7. The fraction of sp³-hybridized carbons (Fsp3) is 0.559. The number of aliphatic hydroxyl groups is 2. The third kappa shape index (κ3) is 5.05. The Morgan fingerprint density at radius 2 is 1.85 bits per heavy atom. The molecule has 3 fully saturated rings. The fourth-order valence-corrected chi connectivity index (χ4v) is 7.88. The SMILES string of the molecule is COc1cccc2c1C(=O)c1c(O)c3c(c(O)c1C2=O)C[C@@](O)(C(=O)CO)C[C@@H]3O[C@H]1C[C@H]2[C@H](O[C@@H]3[C@@H](OC(C)C)OCCN32)[C@H](C)O1. The minimum atomic E-state index is -2.23. The number of rotatable bonds is 7. The highest BCUT2D eigenvalue weighted by molar-refractivity contribution is 6.31. The van der Waals surface area contributed by atoms with Crippen LogP contribution in [0.2, 0.25) is 0 Å². The number of aromatic hydroxyl groups is 2. The van der Waals surface area contributed by atoms with Gasteiger partial charge in [-0.15, -0.1) is 0 Å². The number of Topliss-reactive ketones (excluding diaryl/α,β-unsaturated/α-hetero) is 1. The lowest BCUT2D eigenvalue weighted by Crippen LogP contribution is -2.55. The summed E-state index contributed by atoms with van der Waals surface area (Å²) in [6.07, 6.45) is -4.93. The lowest BCUT2D eigenvalue weighted by Gasteiger charge is -2.43. The van der Waals surface area contributed by atoms with Crippen molar-refractivity contribution in [2.24, 2.45) is 0 Å². The van der Waals surface area contributed by atoms with Crippen LogP contribution >= 0.6 is 0 Å². The number of phenolic OH excluding ortho intramolecular Hbond substituents is 2. The summed E-state index contributed by atoms with van der Waals surface area (Å²) in [7, 11) is 1.34. The van der Waals surface area contributed by atoms with Gasteiger partial charge in [-0.05, 0) is 26.8 Å². The van der Waals surface area contributed by atoms with Gasteiger partial charge in [-0.3, -0.25) is 19.3 Å². The van der Waals surface area contributed by atoms with Gasteiger partial charge in [0.2, 0.25) is 5.78 Å². The van der Waals surface area contributed by atoms with E-state index in [4.69, 9.17) is 28.4 Å². The molecule has 0 spiro atoms. The van der Waals surface area contributed by atoms with E-state index in [1.54, 1.807) is 0 Å². The topological polar surface area (TPSA) is 191 Å². The van der Waals surface area contributed by atoms with Crippen molar-refractivity contribution in [3.8, 4) is 17.2 Å². The number of phenols is 2. The van der Waals surface area contributed by atoms with Crippen molar-refractivity contribution in [3.05, 3.63) is 51.6 Å². The van der Waals surface area contributed by atoms with Gasteiger partial charge in [-0.25, -0.2) is 0 Å². The molecule has 3 saturated heterocycles. The Bertz CT molecular complexity index is 1670. The first-order valence-electron chi connectivity index (χ1n) is 16.1. The van der Waals surface area contributed by atoms with Crippen molar-refractivity contribution >= 4 is 17.3 Å². The van der Waals surface area contributed by atoms with E-state index in [9.17, 15) is 34.8 Å². The van der Waals surface area contributed by atoms with Gasteiger partial charge >= 0.3 is 0 Å². The number of methoxy groups -OCH3 is 1. The smallest absolute Gasteiger partial charge is 0.202 e. The Morgan fingerprint density at radius 1 is 1.10 bits per heavy atom. The van der Waals surface area contributed by atoms with Crippen LogP contribution in [-0.4, -0.2) is 118 Å². The molecule has 7 rings (SSSR count). The summed E-state index contributed by atoms with van der Waals surface area (Å²) in [6.45, 7) is 5.65. The average Bonchev–Trinajstić information content (AvgIpc) is 3.44. The minimum absolute atomic E-state index is 0.0350. The van der Waals surface area contributed by atoms with Gasteiger partial charge in [-0.2, -0.15) is 0 Å². The molecule has 0 amide bonds. The molecule has 48 heavy (non-hydrogen) atoms. The number of ether oxygens (including phenoxy) is 6. The first-order chi connectivity index (χ1) is 22.9. The van der Waals surface area contributed by atoms with Crippen molar-refractivity contribution in [3.63, 3.8) is 0 Å². The molecule has 3 heterocycles. The second-order valence-electron chi connectivity index (χ2n) is 13.2. The summed E-state index contributed by atoms with van der Waals surface area (Å²) in [5, 5.41) is 44.7. The van der Waals surface area contributed by atoms with E-state index >= 15 is 0 Å². The maximum absolute atomic E-state index is 13.9. The Balaban J connectivity index is 1.27. The monoisotopic (exact) mass is 669 g/mol. The quantitative estimate of drug-likeness (QED) is 0.265. The first kappa shape index (κ1) is 33.0. The number of hydrogen-bond acceptors (Lipinski definition) is 14. The minimum Gasteiger partial charge on any atom is -0.507 e. The zero-order valence-corrected chi connectivity index (χ0v) is 27.0. The Hall–Kier alpha value is -3.47. The van der Waals surface area contributed by atoms with E-state index in [0.717, 1.165) is 0 Å². The van der Waals surface area contributed by atoms with Crippen LogP contribution in [0.1, 0.15) is 82.7 Å². The van der Waals surface area contributed by atoms with Crippen LogP contribution in [0, 0.1) is 0 Å². The molecular formula is C34H39NO13. The standard InChI is InChI=1S/C34H39NO13/c1-14(2)45-33-32-35(8-9-44-33)18-10-22(46-15(3)31(18)48-32)47-20-12-34(42,21(37)13-36)11-17-24(20)30(41)26-25(28(17)39)27(38)16-6-5-7-19(43-4)23(16)29(26)40/h5-7,14-15,18,20,22,31-33,36,39,41-42H,8-13H2,1-4H3/t15-,18-,20-,22-,31+,32+,33+,34-/m0/s1. The van der Waals surface area contributed by atoms with Gasteiger partial charge in [0.1, 0.15) is 35.6 Å². The summed E-state index contributed by atoms with van der Waals surface area (Å²) in [5.41, 5.74) is -3.43. The third-order valence-electron chi connectivity index (χ3n) is 10.0. The molecule has 0 radical (unpaired) electrons. The highest BCUT2D eigenvalue weighted by Crippen LogP contribution is 2.53. The molecule has 2 aliphatic carbocycles. The zero-order valence-electron chi connectivity index (χ0n) is 27.0. The van der Waals surface area contributed by atoms with Crippen LogP contribution in [0.25, 0.3) is 0 Å². The molecule has 2 aromatic carbocycles. The number of hydrogen-bond donors (Lipinski definition) is 4. The molecule has 258 valence electrons. The maximum atomic E-state index is 13.9. The van der Waals surface area contributed by atoms with Crippen molar-refractivity contribution in [2.75, 3.05) is 26.9 Å². The Labute approximate surface area is 276 Å². The number of benzene rings is 2. The highest BCUT2D eigenvalue weighted by Gasteiger charge is 2.55. The Morgan fingerprint density at radius 3 is 2.56 bits per heavy atom. The second-order valence-corrected chi connectivity index (χ2v) is 13.2. The molecule has 2 aromatic rings. The predicted octanol–water partition coefficient (Wildman–Crippen LogP) is 1.49. The second kappa shape index (κ2) is 12.1. The molecule has 14 heteroatoms. The Kier molecular flexibility index (Phi) is 8.36. The molecule has 0 aromatic heterocycles. The predicted molar refractivity (Wildman–Crippen MR) is 163 cm³/mol. The summed E-state index contributed by atoms with van der Waals surface area (Å²) in [6, 6.07) is 4.26. The molecule has 0 saturated carbocycles. The van der Waals surface area contributed by atoms with Crippen molar-refractivity contribution in [1.82, 2.24) is 4.90 Å². The van der Waals surface area contributed by atoms with E-state index in [2.05, 4.69) is 4.90 Å². The largest absolute Gasteiger partial charge is 0.507 e. The fourth-order valence-electron chi connectivity index (χ4n) is 7.88. The maximum Gasteiger partial charge on any atom is 0.202 e. The molecule has 14 nitrogen and oxygen atoms in total. The average molecular weight is 670 g/mol. The van der Waals surface area contributed by atoms with Crippen LogP contribution < -0.4 is 4.74 Å². The van der Waals surface area contributed by atoms with Crippen LogP contribution in [0.4, 0.5) is 0 Å². The van der Waals surface area contributed by atoms with Gasteiger partial charge in [0.05, 0.1) is 48.7 Å². The van der Waals surface area contributed by atoms with E-state index in [0.29, 0.717) is 13.2 Å². The third-order valence-corrected chi connectivity index (χ3v) is 10.0. The molecule has 8 atom stereocenters. The van der Waals surface area contributed by atoms with Gasteiger partial charge in [-0.1, -0.05) is 12.1 Å². The zero-order chi connectivity index (χ0) is 34.2.